The quantitative estimate of drug-likeness (QED) is 0.862. The van der Waals surface area contributed by atoms with Crippen LogP contribution in [-0.4, -0.2) is 58.3 Å². The molecule has 154 valence electrons. The number of anilines is 1. The van der Waals surface area contributed by atoms with Crippen molar-refractivity contribution in [1.29, 1.82) is 0 Å². The molecule has 7 heteroatoms. The van der Waals surface area contributed by atoms with Gasteiger partial charge in [0.1, 0.15) is 12.2 Å². The predicted molar refractivity (Wildman–Crippen MR) is 112 cm³/mol. The average Bonchev–Trinajstić information content (AvgIpc) is 3.12. The SMILES string of the molecule is CC(=O)N1CCN(C(=O)c2cccn2CC(=O)Nc2c(C)cc(C)cc2C)CC1. The molecule has 1 aromatic carbocycles. The van der Waals surface area contributed by atoms with Crippen LogP contribution in [0.2, 0.25) is 0 Å². The Morgan fingerprint density at radius 1 is 0.966 bits per heavy atom. The number of benzene rings is 1. The molecule has 1 aliphatic rings. The van der Waals surface area contributed by atoms with Gasteiger partial charge >= 0.3 is 0 Å². The zero-order valence-electron chi connectivity index (χ0n) is 17.5. The van der Waals surface area contributed by atoms with Crippen LogP contribution in [0.1, 0.15) is 34.1 Å². The highest BCUT2D eigenvalue weighted by atomic mass is 16.2. The lowest BCUT2D eigenvalue weighted by Gasteiger charge is -2.34. The van der Waals surface area contributed by atoms with E-state index in [0.29, 0.717) is 31.9 Å². The first-order valence-corrected chi connectivity index (χ1v) is 9.84. The number of hydrogen-bond donors (Lipinski definition) is 1. The molecule has 0 atom stereocenters. The van der Waals surface area contributed by atoms with Crippen LogP contribution in [0, 0.1) is 20.8 Å². The summed E-state index contributed by atoms with van der Waals surface area (Å²) in [7, 11) is 0. The third kappa shape index (κ3) is 4.67. The van der Waals surface area contributed by atoms with Crippen molar-refractivity contribution < 1.29 is 14.4 Å². The van der Waals surface area contributed by atoms with Gasteiger partial charge in [-0.05, 0) is 44.0 Å². The summed E-state index contributed by atoms with van der Waals surface area (Å²) in [6.45, 7) is 9.64. The number of aryl methyl sites for hydroxylation is 3. The monoisotopic (exact) mass is 396 g/mol. The first-order chi connectivity index (χ1) is 13.8. The molecule has 2 aromatic rings. The second-order valence-electron chi connectivity index (χ2n) is 7.64. The Morgan fingerprint density at radius 3 is 2.14 bits per heavy atom. The molecule has 3 amide bonds. The van der Waals surface area contributed by atoms with Gasteiger partial charge < -0.3 is 19.7 Å². The Labute approximate surface area is 171 Å². The molecule has 1 aromatic heterocycles. The summed E-state index contributed by atoms with van der Waals surface area (Å²) < 4.78 is 1.67. The Morgan fingerprint density at radius 2 is 1.55 bits per heavy atom. The van der Waals surface area contributed by atoms with Crippen molar-refractivity contribution in [3.8, 4) is 0 Å². The minimum Gasteiger partial charge on any atom is -0.339 e. The van der Waals surface area contributed by atoms with Crippen LogP contribution >= 0.6 is 0 Å². The molecule has 0 radical (unpaired) electrons. The summed E-state index contributed by atoms with van der Waals surface area (Å²) in [4.78, 5) is 40.5. The van der Waals surface area contributed by atoms with E-state index in [1.165, 1.54) is 0 Å². The van der Waals surface area contributed by atoms with Crippen LogP contribution < -0.4 is 5.32 Å². The number of carbonyl (C=O) groups is 3. The Balaban J connectivity index is 1.67. The molecule has 0 spiro atoms. The van der Waals surface area contributed by atoms with Gasteiger partial charge in [0.2, 0.25) is 11.8 Å². The molecule has 3 rings (SSSR count). The van der Waals surface area contributed by atoms with Crippen molar-refractivity contribution in [3.63, 3.8) is 0 Å². The number of piperazine rings is 1. The van der Waals surface area contributed by atoms with E-state index < -0.39 is 0 Å². The molecule has 1 saturated heterocycles. The van der Waals surface area contributed by atoms with E-state index in [1.54, 1.807) is 39.6 Å². The predicted octanol–water partition coefficient (Wildman–Crippen LogP) is 2.36. The second kappa shape index (κ2) is 8.51. The van der Waals surface area contributed by atoms with Crippen molar-refractivity contribution in [2.24, 2.45) is 0 Å². The van der Waals surface area contributed by atoms with Gasteiger partial charge in [-0.1, -0.05) is 17.7 Å². The van der Waals surface area contributed by atoms with Gasteiger partial charge in [0.05, 0.1) is 0 Å². The maximum atomic E-state index is 12.9. The Kier molecular flexibility index (Phi) is 6.06. The lowest BCUT2D eigenvalue weighted by molar-refractivity contribution is -0.130. The number of aromatic nitrogens is 1. The number of nitrogens with zero attached hydrogens (tertiary/aromatic N) is 3. The van der Waals surface area contributed by atoms with Crippen molar-refractivity contribution in [3.05, 3.63) is 52.8 Å². The maximum absolute atomic E-state index is 12.9. The van der Waals surface area contributed by atoms with E-state index in [4.69, 9.17) is 0 Å². The highest BCUT2D eigenvalue weighted by Crippen LogP contribution is 2.22. The van der Waals surface area contributed by atoms with E-state index in [0.717, 1.165) is 22.4 Å². The van der Waals surface area contributed by atoms with Gasteiger partial charge in [0.15, 0.2) is 0 Å². The van der Waals surface area contributed by atoms with Crippen molar-refractivity contribution in [1.82, 2.24) is 14.4 Å². The van der Waals surface area contributed by atoms with E-state index in [1.807, 2.05) is 32.9 Å². The van der Waals surface area contributed by atoms with E-state index in [-0.39, 0.29) is 24.3 Å². The second-order valence-corrected chi connectivity index (χ2v) is 7.64. The molecule has 0 bridgehead atoms. The van der Waals surface area contributed by atoms with Crippen LogP contribution in [0.4, 0.5) is 5.69 Å². The third-order valence-corrected chi connectivity index (χ3v) is 5.32. The van der Waals surface area contributed by atoms with Gasteiger partial charge in [0, 0.05) is 45.0 Å². The van der Waals surface area contributed by atoms with Crippen LogP contribution in [0.25, 0.3) is 0 Å². The molecule has 0 saturated carbocycles. The summed E-state index contributed by atoms with van der Waals surface area (Å²) in [5, 5.41) is 2.98. The fraction of sp³-hybridized carbons (Fsp3) is 0.409. The number of rotatable bonds is 4. The molecule has 0 unspecified atom stereocenters. The molecule has 2 heterocycles. The smallest absolute Gasteiger partial charge is 0.270 e. The van der Waals surface area contributed by atoms with Crippen LogP contribution in [0.15, 0.2) is 30.5 Å². The van der Waals surface area contributed by atoms with E-state index in [9.17, 15) is 14.4 Å². The van der Waals surface area contributed by atoms with Crippen molar-refractivity contribution in [2.45, 2.75) is 34.2 Å². The fourth-order valence-electron chi connectivity index (χ4n) is 3.84. The molecular weight excluding hydrogens is 368 g/mol. The number of hydrogen-bond acceptors (Lipinski definition) is 3. The lowest BCUT2D eigenvalue weighted by Crippen LogP contribution is -2.50. The standard InChI is InChI=1S/C22H28N4O3/c1-15-12-16(2)21(17(3)13-15)23-20(28)14-26-7-5-6-19(26)22(29)25-10-8-24(9-11-25)18(4)27/h5-7,12-13H,8-11,14H2,1-4H3,(H,23,28). The maximum Gasteiger partial charge on any atom is 0.270 e. The minimum absolute atomic E-state index is 0.0267. The van der Waals surface area contributed by atoms with Crippen LogP contribution in [-0.2, 0) is 16.1 Å². The molecule has 1 fully saturated rings. The molecule has 1 aliphatic heterocycles. The average molecular weight is 396 g/mol. The van der Waals surface area contributed by atoms with Crippen LogP contribution in [0.3, 0.4) is 0 Å². The topological polar surface area (TPSA) is 74.7 Å². The largest absolute Gasteiger partial charge is 0.339 e. The highest BCUT2D eigenvalue weighted by molar-refractivity contribution is 5.95. The zero-order chi connectivity index (χ0) is 21.1. The molecular formula is C22H28N4O3. The Bertz CT molecular complexity index is 916. The summed E-state index contributed by atoms with van der Waals surface area (Å²) in [5.41, 5.74) is 4.49. The normalized spacial score (nSPS) is 14.1. The lowest BCUT2D eigenvalue weighted by atomic mass is 10.1. The summed E-state index contributed by atoms with van der Waals surface area (Å²) in [5.74, 6) is -0.265. The van der Waals surface area contributed by atoms with Crippen LogP contribution in [0.5, 0.6) is 0 Å². The van der Waals surface area contributed by atoms with E-state index in [2.05, 4.69) is 5.32 Å². The van der Waals surface area contributed by atoms with E-state index >= 15 is 0 Å². The molecule has 0 aliphatic carbocycles. The van der Waals surface area contributed by atoms with Crippen molar-refractivity contribution in [2.75, 3.05) is 31.5 Å². The summed E-state index contributed by atoms with van der Waals surface area (Å²) in [6.07, 6.45) is 1.74. The van der Waals surface area contributed by atoms with Crippen molar-refractivity contribution >= 4 is 23.4 Å². The Hall–Kier alpha value is -3.09. The fourth-order valence-corrected chi connectivity index (χ4v) is 3.84. The zero-order valence-corrected chi connectivity index (χ0v) is 17.5. The van der Waals surface area contributed by atoms with Gasteiger partial charge in [-0.3, -0.25) is 14.4 Å². The number of amides is 3. The molecule has 7 nitrogen and oxygen atoms in total. The van der Waals surface area contributed by atoms with Gasteiger partial charge in [0.25, 0.3) is 5.91 Å². The minimum atomic E-state index is -0.174. The first-order valence-electron chi connectivity index (χ1n) is 9.84. The number of nitrogens with one attached hydrogen (secondary N) is 1. The number of carbonyl (C=O) groups excluding carboxylic acids is 3. The first kappa shape index (κ1) is 20.6. The summed E-state index contributed by atoms with van der Waals surface area (Å²) >= 11 is 0. The summed E-state index contributed by atoms with van der Waals surface area (Å²) in [6, 6.07) is 7.58. The van der Waals surface area contributed by atoms with Gasteiger partial charge in [-0.2, -0.15) is 0 Å². The van der Waals surface area contributed by atoms with Gasteiger partial charge in [-0.25, -0.2) is 0 Å². The highest BCUT2D eigenvalue weighted by Gasteiger charge is 2.25. The van der Waals surface area contributed by atoms with Gasteiger partial charge in [-0.15, -0.1) is 0 Å². The third-order valence-electron chi connectivity index (χ3n) is 5.32. The molecule has 1 N–H and O–H groups in total. The molecule has 29 heavy (non-hydrogen) atoms.